The number of fused-ring (bicyclic) bond motifs is 1. The third-order valence-corrected chi connectivity index (χ3v) is 1.84. The maximum absolute atomic E-state index is 13.1. The Morgan fingerprint density at radius 2 is 2.00 bits per heavy atom. The minimum absolute atomic E-state index is 0.0881. The van der Waals surface area contributed by atoms with Crippen LogP contribution >= 0.6 is 0 Å². The van der Waals surface area contributed by atoms with E-state index in [0.29, 0.717) is 0 Å². The molecule has 0 aliphatic heterocycles. The van der Waals surface area contributed by atoms with Gasteiger partial charge in [-0.3, -0.25) is 4.79 Å². The van der Waals surface area contributed by atoms with Crippen molar-refractivity contribution in [3.05, 3.63) is 35.7 Å². The van der Waals surface area contributed by atoms with Crippen LogP contribution in [0.25, 0.3) is 11.0 Å². The van der Waals surface area contributed by atoms with Crippen LogP contribution in [-0.4, -0.2) is 15.9 Å². The Labute approximate surface area is 82.7 Å². The van der Waals surface area contributed by atoms with Crippen LogP contribution in [0, 0.1) is 11.8 Å². The van der Waals surface area contributed by atoms with Gasteiger partial charge in [0.1, 0.15) is 5.52 Å². The number of benzene rings is 1. The first kappa shape index (κ1) is 9.45. The Hall–Kier alpha value is -2.11. The first-order chi connectivity index (χ1) is 7.09. The minimum atomic E-state index is -1.17. The molecular formula is C9H5F2N3O. The van der Waals surface area contributed by atoms with Crippen LogP contribution in [0.4, 0.5) is 8.78 Å². The number of nitrogens with zero attached hydrogens (tertiary/aromatic N) is 2. The Morgan fingerprint density at radius 3 is 2.67 bits per heavy atom. The van der Waals surface area contributed by atoms with Gasteiger partial charge in [-0.1, -0.05) is 6.07 Å². The number of aromatic nitrogens is 2. The molecule has 0 aliphatic rings. The molecule has 0 atom stereocenters. The van der Waals surface area contributed by atoms with Crippen molar-refractivity contribution in [2.75, 3.05) is 0 Å². The number of para-hydroxylation sites is 1. The molecule has 0 bridgehead atoms. The van der Waals surface area contributed by atoms with Gasteiger partial charge < -0.3 is 5.73 Å². The summed E-state index contributed by atoms with van der Waals surface area (Å²) >= 11 is 0. The Kier molecular flexibility index (Phi) is 2.03. The van der Waals surface area contributed by atoms with Gasteiger partial charge >= 0.3 is 0 Å². The second-order valence-corrected chi connectivity index (χ2v) is 2.83. The number of amides is 1. The number of rotatable bonds is 1. The molecule has 2 aromatic rings. The molecule has 0 saturated carbocycles. The maximum Gasteiger partial charge on any atom is 0.272 e. The van der Waals surface area contributed by atoms with Crippen LogP contribution in [0.5, 0.6) is 0 Å². The molecule has 0 radical (unpaired) electrons. The highest BCUT2D eigenvalue weighted by Gasteiger charge is 2.14. The molecule has 1 heterocycles. The highest BCUT2D eigenvalue weighted by molar-refractivity contribution is 5.92. The summed E-state index contributed by atoms with van der Waals surface area (Å²) in [6.07, 6.45) is 0. The fourth-order valence-electron chi connectivity index (χ4n) is 1.18. The summed E-state index contributed by atoms with van der Waals surface area (Å²) in [4.78, 5) is 17.6. The second-order valence-electron chi connectivity index (χ2n) is 2.83. The monoisotopic (exact) mass is 209 g/mol. The molecule has 2 N–H and O–H groups in total. The molecule has 2 rings (SSSR count). The van der Waals surface area contributed by atoms with E-state index in [1.54, 1.807) is 0 Å². The molecule has 0 saturated heterocycles. The van der Waals surface area contributed by atoms with E-state index >= 15 is 0 Å². The Balaban J connectivity index is 2.82. The third kappa shape index (κ3) is 1.50. The largest absolute Gasteiger partial charge is 0.364 e. The average Bonchev–Trinajstić information content (AvgIpc) is 2.18. The fraction of sp³-hybridized carbons (Fsp3) is 0. The van der Waals surface area contributed by atoms with E-state index in [2.05, 4.69) is 9.97 Å². The zero-order valence-electron chi connectivity index (χ0n) is 7.37. The molecule has 0 spiro atoms. The molecule has 1 aromatic carbocycles. The van der Waals surface area contributed by atoms with Crippen molar-refractivity contribution in [2.24, 2.45) is 5.73 Å². The van der Waals surface area contributed by atoms with E-state index in [4.69, 9.17) is 5.73 Å². The first-order valence-corrected chi connectivity index (χ1v) is 4.01. The lowest BCUT2D eigenvalue weighted by atomic mass is 10.2. The standard InChI is InChI=1S/C9H5F2N3O/c10-4-2-1-3-5-6(4)14-8(11)7(13-5)9(12)15/h1-3H,(H2,12,15). The number of carbonyl (C=O) groups is 1. The number of hydrogen-bond donors (Lipinski definition) is 1. The van der Waals surface area contributed by atoms with E-state index in [9.17, 15) is 13.6 Å². The lowest BCUT2D eigenvalue weighted by Crippen LogP contribution is -2.16. The smallest absolute Gasteiger partial charge is 0.272 e. The highest BCUT2D eigenvalue weighted by atomic mass is 19.1. The molecule has 4 nitrogen and oxygen atoms in total. The topological polar surface area (TPSA) is 68.9 Å². The summed E-state index contributed by atoms with van der Waals surface area (Å²) in [6, 6.07) is 3.92. The summed E-state index contributed by atoms with van der Waals surface area (Å²) in [6.45, 7) is 0. The van der Waals surface area contributed by atoms with Crippen molar-refractivity contribution in [2.45, 2.75) is 0 Å². The van der Waals surface area contributed by atoms with E-state index in [1.807, 2.05) is 0 Å². The normalized spacial score (nSPS) is 10.5. The molecule has 1 amide bonds. The Bertz CT molecular complexity index is 556. The van der Waals surface area contributed by atoms with Crippen molar-refractivity contribution < 1.29 is 13.6 Å². The van der Waals surface area contributed by atoms with Gasteiger partial charge in [-0.25, -0.2) is 14.4 Å². The van der Waals surface area contributed by atoms with Crippen LogP contribution in [0.2, 0.25) is 0 Å². The van der Waals surface area contributed by atoms with Crippen molar-refractivity contribution in [3.63, 3.8) is 0 Å². The van der Waals surface area contributed by atoms with Gasteiger partial charge in [-0.2, -0.15) is 4.39 Å². The van der Waals surface area contributed by atoms with Gasteiger partial charge in [-0.15, -0.1) is 0 Å². The second kappa shape index (κ2) is 3.23. The number of hydrogen-bond acceptors (Lipinski definition) is 3. The van der Waals surface area contributed by atoms with E-state index in [0.717, 1.165) is 6.07 Å². The molecular weight excluding hydrogens is 204 g/mol. The molecule has 1 aromatic heterocycles. The van der Waals surface area contributed by atoms with E-state index in [-0.39, 0.29) is 11.0 Å². The number of halogens is 2. The van der Waals surface area contributed by atoms with Crippen LogP contribution in [-0.2, 0) is 0 Å². The number of carbonyl (C=O) groups excluding carboxylic acids is 1. The molecule has 76 valence electrons. The minimum Gasteiger partial charge on any atom is -0.364 e. The molecule has 15 heavy (non-hydrogen) atoms. The van der Waals surface area contributed by atoms with Gasteiger partial charge in [0, 0.05) is 0 Å². The predicted octanol–water partition coefficient (Wildman–Crippen LogP) is 1.01. The van der Waals surface area contributed by atoms with Crippen molar-refractivity contribution in [1.29, 1.82) is 0 Å². The average molecular weight is 209 g/mol. The van der Waals surface area contributed by atoms with E-state index in [1.165, 1.54) is 12.1 Å². The molecule has 0 aliphatic carbocycles. The third-order valence-electron chi connectivity index (χ3n) is 1.84. The highest BCUT2D eigenvalue weighted by Crippen LogP contribution is 2.14. The van der Waals surface area contributed by atoms with Crippen molar-refractivity contribution >= 4 is 16.9 Å². The van der Waals surface area contributed by atoms with Crippen LogP contribution in [0.15, 0.2) is 18.2 Å². The molecule has 0 fully saturated rings. The van der Waals surface area contributed by atoms with Gasteiger partial charge in [0.15, 0.2) is 11.5 Å². The van der Waals surface area contributed by atoms with Gasteiger partial charge in [0.25, 0.3) is 5.91 Å². The number of primary amides is 1. The zero-order chi connectivity index (χ0) is 11.0. The predicted molar refractivity (Wildman–Crippen MR) is 48.0 cm³/mol. The summed E-state index contributed by atoms with van der Waals surface area (Å²) in [7, 11) is 0. The maximum atomic E-state index is 13.1. The van der Waals surface area contributed by atoms with Crippen LogP contribution in [0.3, 0.4) is 0 Å². The summed E-state index contributed by atoms with van der Waals surface area (Å²) in [5.41, 5.74) is 4.14. The summed E-state index contributed by atoms with van der Waals surface area (Å²) < 4.78 is 26.2. The lowest BCUT2D eigenvalue weighted by molar-refractivity contribution is 0.0991. The van der Waals surface area contributed by atoms with Crippen molar-refractivity contribution in [3.8, 4) is 0 Å². The summed E-state index contributed by atoms with van der Waals surface area (Å²) in [5.74, 6) is -2.90. The molecule has 6 heteroatoms. The van der Waals surface area contributed by atoms with Gasteiger partial charge in [0.05, 0.1) is 5.52 Å². The van der Waals surface area contributed by atoms with Gasteiger partial charge in [-0.05, 0) is 12.1 Å². The summed E-state index contributed by atoms with van der Waals surface area (Å²) in [5, 5.41) is 0. The Morgan fingerprint density at radius 1 is 1.27 bits per heavy atom. The quantitative estimate of drug-likeness (QED) is 0.761. The zero-order valence-corrected chi connectivity index (χ0v) is 7.37. The molecule has 0 unspecified atom stereocenters. The SMILES string of the molecule is NC(=O)c1nc2cccc(F)c2nc1F. The van der Waals surface area contributed by atoms with Crippen LogP contribution < -0.4 is 5.73 Å². The van der Waals surface area contributed by atoms with Crippen LogP contribution in [0.1, 0.15) is 10.5 Å². The fourth-order valence-corrected chi connectivity index (χ4v) is 1.18. The van der Waals surface area contributed by atoms with Crippen molar-refractivity contribution in [1.82, 2.24) is 9.97 Å². The first-order valence-electron chi connectivity index (χ1n) is 4.01. The lowest BCUT2D eigenvalue weighted by Gasteiger charge is -2.00. The van der Waals surface area contributed by atoms with E-state index < -0.39 is 23.4 Å². The number of nitrogens with two attached hydrogens (primary N) is 1. The van der Waals surface area contributed by atoms with Gasteiger partial charge in [0.2, 0.25) is 5.95 Å².